The number of hydrogen-bond donors (Lipinski definition) is 2. The van der Waals surface area contributed by atoms with E-state index in [-0.39, 0.29) is 18.2 Å². The van der Waals surface area contributed by atoms with Gasteiger partial charge in [0.25, 0.3) is 0 Å². The van der Waals surface area contributed by atoms with Crippen molar-refractivity contribution in [3.63, 3.8) is 0 Å². The van der Waals surface area contributed by atoms with Crippen LogP contribution in [0.4, 0.5) is 0 Å². The van der Waals surface area contributed by atoms with Gasteiger partial charge in [0.2, 0.25) is 0 Å². The number of ether oxygens (including phenoxy) is 2. The monoisotopic (exact) mass is 437 g/mol. The lowest BCUT2D eigenvalue weighted by Crippen LogP contribution is -2.54. The second kappa shape index (κ2) is 9.05. The fourth-order valence-electron chi connectivity index (χ4n) is 6.30. The van der Waals surface area contributed by atoms with E-state index in [1.165, 1.54) is 17.5 Å². The molecule has 3 aliphatic rings. The van der Waals surface area contributed by atoms with Crippen molar-refractivity contribution in [2.75, 3.05) is 14.2 Å². The highest BCUT2D eigenvalue weighted by atomic mass is 16.5. The van der Waals surface area contributed by atoms with Crippen molar-refractivity contribution < 1.29 is 19.7 Å². The summed E-state index contributed by atoms with van der Waals surface area (Å²) in [6, 6.07) is 13.6. The van der Waals surface area contributed by atoms with Crippen LogP contribution in [0.3, 0.4) is 0 Å². The van der Waals surface area contributed by atoms with E-state index in [2.05, 4.69) is 35.2 Å². The molecule has 2 fully saturated rings. The highest BCUT2D eigenvalue weighted by Crippen LogP contribution is 2.45. The van der Waals surface area contributed by atoms with Crippen LogP contribution in [-0.4, -0.2) is 53.6 Å². The quantitative estimate of drug-likeness (QED) is 0.725. The first kappa shape index (κ1) is 21.7. The first-order valence-corrected chi connectivity index (χ1v) is 12.1. The molecule has 0 unspecified atom stereocenters. The predicted octanol–water partition coefficient (Wildman–Crippen LogP) is 4.49. The van der Waals surface area contributed by atoms with Crippen molar-refractivity contribution in [3.8, 4) is 22.6 Å². The van der Waals surface area contributed by atoms with E-state index in [0.717, 1.165) is 67.6 Å². The molecule has 0 aromatic heterocycles. The molecule has 5 rings (SSSR count). The van der Waals surface area contributed by atoms with E-state index in [4.69, 9.17) is 9.47 Å². The molecule has 32 heavy (non-hydrogen) atoms. The first-order valence-electron chi connectivity index (χ1n) is 12.1. The van der Waals surface area contributed by atoms with E-state index in [1.54, 1.807) is 14.2 Å². The molecule has 5 nitrogen and oxygen atoms in total. The molecule has 0 spiro atoms. The van der Waals surface area contributed by atoms with Gasteiger partial charge in [0.05, 0.1) is 26.4 Å². The van der Waals surface area contributed by atoms with Gasteiger partial charge in [-0.1, -0.05) is 18.6 Å². The van der Waals surface area contributed by atoms with Crippen LogP contribution in [0.2, 0.25) is 0 Å². The van der Waals surface area contributed by atoms with Gasteiger partial charge < -0.3 is 19.7 Å². The van der Waals surface area contributed by atoms with E-state index < -0.39 is 0 Å². The minimum absolute atomic E-state index is 0.140. The van der Waals surface area contributed by atoms with Crippen LogP contribution in [0.15, 0.2) is 36.4 Å². The highest BCUT2D eigenvalue weighted by Gasteiger charge is 2.42. The minimum atomic E-state index is -0.324. The Kier molecular flexibility index (Phi) is 6.15. The molecule has 2 saturated heterocycles. The number of fused-ring (bicyclic) bond motifs is 6. The number of aliphatic hydroxyl groups excluding tert-OH is 2. The predicted molar refractivity (Wildman–Crippen MR) is 125 cm³/mol. The SMILES string of the molecule is COc1ccc2cc1-c1cc(ccc1OC)[C@H]1C[C@@H](O)C[C@@H]3CCC[C@H](C[C@H](O)CC2)N31. The van der Waals surface area contributed by atoms with Gasteiger partial charge in [-0.05, 0) is 80.3 Å². The van der Waals surface area contributed by atoms with Gasteiger partial charge in [-0.15, -0.1) is 0 Å². The largest absolute Gasteiger partial charge is 0.496 e. The lowest BCUT2D eigenvalue weighted by Gasteiger charge is -2.51. The number of nitrogens with zero attached hydrogens (tertiary/aromatic N) is 1. The Hall–Kier alpha value is -2.08. The summed E-state index contributed by atoms with van der Waals surface area (Å²) in [6.45, 7) is 0. The summed E-state index contributed by atoms with van der Waals surface area (Å²) in [5.74, 6) is 1.64. The maximum atomic E-state index is 11.0. The number of hydrogen-bond acceptors (Lipinski definition) is 5. The average Bonchev–Trinajstić information content (AvgIpc) is 2.81. The maximum Gasteiger partial charge on any atom is 0.126 e. The van der Waals surface area contributed by atoms with Gasteiger partial charge in [-0.25, -0.2) is 0 Å². The van der Waals surface area contributed by atoms with Crippen LogP contribution < -0.4 is 9.47 Å². The Morgan fingerprint density at radius 2 is 1.44 bits per heavy atom. The fourth-order valence-corrected chi connectivity index (χ4v) is 6.30. The van der Waals surface area contributed by atoms with Crippen molar-refractivity contribution in [2.24, 2.45) is 0 Å². The number of methoxy groups -OCH3 is 2. The Morgan fingerprint density at radius 3 is 2.16 bits per heavy atom. The Balaban J connectivity index is 1.68. The topological polar surface area (TPSA) is 62.2 Å². The Morgan fingerprint density at radius 1 is 0.781 bits per heavy atom. The van der Waals surface area contributed by atoms with Crippen molar-refractivity contribution in [1.29, 1.82) is 0 Å². The van der Waals surface area contributed by atoms with Gasteiger partial charge in [0.15, 0.2) is 0 Å². The van der Waals surface area contributed by atoms with Gasteiger partial charge in [0.1, 0.15) is 11.5 Å². The summed E-state index contributed by atoms with van der Waals surface area (Å²) in [5.41, 5.74) is 4.44. The molecular formula is C27H35NO4. The Bertz CT molecular complexity index is 961. The summed E-state index contributed by atoms with van der Waals surface area (Å²) in [7, 11) is 3.41. The van der Waals surface area contributed by atoms with E-state index in [9.17, 15) is 10.2 Å². The normalized spacial score (nSPS) is 30.3. The fraction of sp³-hybridized carbons (Fsp3) is 0.556. The second-order valence-electron chi connectivity index (χ2n) is 9.75. The standard InChI is InChI=1S/C27H35NO4/c1-31-26-10-7-17-6-9-21(29)14-19-4-3-5-20-15-22(30)16-25(28(19)20)18-8-11-27(32-2)24(13-18)23(26)12-17/h7-8,10-13,19-22,25,29-30H,3-6,9,14-16H2,1-2H3/t19-,20+,21-,22+,25-/m1/s1. The van der Waals surface area contributed by atoms with Crippen LogP contribution in [0.1, 0.15) is 62.1 Å². The highest BCUT2D eigenvalue weighted by molar-refractivity contribution is 5.77. The zero-order valence-electron chi connectivity index (χ0n) is 19.2. The van der Waals surface area contributed by atoms with E-state index >= 15 is 0 Å². The van der Waals surface area contributed by atoms with E-state index in [0.29, 0.717) is 12.1 Å². The smallest absolute Gasteiger partial charge is 0.126 e. The number of aryl methyl sites for hydroxylation is 1. The molecule has 5 heteroatoms. The molecular weight excluding hydrogens is 402 g/mol. The first-order chi connectivity index (χ1) is 15.6. The third-order valence-electron chi connectivity index (χ3n) is 7.79. The number of rotatable bonds is 2. The van der Waals surface area contributed by atoms with Crippen LogP contribution in [-0.2, 0) is 6.42 Å². The third-order valence-corrected chi connectivity index (χ3v) is 7.79. The lowest BCUT2D eigenvalue weighted by atomic mass is 9.80. The summed E-state index contributed by atoms with van der Waals surface area (Å²) in [4.78, 5) is 2.63. The molecule has 3 heterocycles. The van der Waals surface area contributed by atoms with Crippen molar-refractivity contribution in [1.82, 2.24) is 4.90 Å². The lowest BCUT2D eigenvalue weighted by molar-refractivity contribution is -0.0599. The molecule has 0 saturated carbocycles. The molecule has 4 bridgehead atoms. The van der Waals surface area contributed by atoms with Crippen LogP contribution >= 0.6 is 0 Å². The van der Waals surface area contributed by atoms with Crippen LogP contribution in [0.5, 0.6) is 11.5 Å². The molecule has 0 radical (unpaired) electrons. The van der Waals surface area contributed by atoms with Gasteiger partial charge >= 0.3 is 0 Å². The zero-order chi connectivity index (χ0) is 22.2. The number of piperidine rings is 2. The summed E-state index contributed by atoms with van der Waals surface area (Å²) in [5, 5.41) is 21.7. The molecule has 2 aromatic carbocycles. The second-order valence-corrected chi connectivity index (χ2v) is 9.75. The van der Waals surface area contributed by atoms with Crippen molar-refractivity contribution >= 4 is 0 Å². The summed E-state index contributed by atoms with van der Waals surface area (Å²) >= 11 is 0. The van der Waals surface area contributed by atoms with Crippen LogP contribution in [0, 0.1) is 0 Å². The summed E-state index contributed by atoms with van der Waals surface area (Å²) < 4.78 is 11.5. The van der Waals surface area contributed by atoms with Crippen molar-refractivity contribution in [3.05, 3.63) is 47.5 Å². The molecule has 0 amide bonds. The van der Waals surface area contributed by atoms with Crippen LogP contribution in [0.25, 0.3) is 11.1 Å². The molecule has 0 aliphatic carbocycles. The third kappa shape index (κ3) is 4.02. The minimum Gasteiger partial charge on any atom is -0.496 e. The number of aliphatic hydroxyl groups is 2. The molecule has 2 N–H and O–H groups in total. The molecule has 172 valence electrons. The molecule has 3 aliphatic heterocycles. The maximum absolute atomic E-state index is 11.0. The van der Waals surface area contributed by atoms with Gasteiger partial charge in [0, 0.05) is 29.3 Å². The molecule has 2 aromatic rings. The van der Waals surface area contributed by atoms with Gasteiger partial charge in [-0.2, -0.15) is 0 Å². The summed E-state index contributed by atoms with van der Waals surface area (Å²) in [6.07, 6.45) is 6.74. The zero-order valence-corrected chi connectivity index (χ0v) is 19.2. The number of benzene rings is 2. The Labute approximate surface area is 191 Å². The molecule has 5 atom stereocenters. The van der Waals surface area contributed by atoms with Crippen molar-refractivity contribution in [2.45, 2.75) is 81.7 Å². The average molecular weight is 438 g/mol. The van der Waals surface area contributed by atoms with Gasteiger partial charge in [-0.3, -0.25) is 4.90 Å². The van der Waals surface area contributed by atoms with E-state index in [1.807, 2.05) is 6.07 Å².